The van der Waals surface area contributed by atoms with Crippen molar-refractivity contribution < 1.29 is 8.42 Å². The first-order valence-electron chi connectivity index (χ1n) is 6.33. The van der Waals surface area contributed by atoms with Crippen molar-refractivity contribution in [2.24, 2.45) is 0 Å². The largest absolute Gasteiger partial charge is 0.381 e. The van der Waals surface area contributed by atoms with Crippen LogP contribution in [0.1, 0.15) is 6.42 Å². The third-order valence-electron chi connectivity index (χ3n) is 3.35. The van der Waals surface area contributed by atoms with Crippen LogP contribution in [0.15, 0.2) is 48.8 Å². The molecule has 1 aromatic carbocycles. The minimum atomic E-state index is -2.84. The van der Waals surface area contributed by atoms with Gasteiger partial charge in [-0.15, -0.1) is 0 Å². The molecule has 3 rings (SSSR count). The van der Waals surface area contributed by atoms with Crippen molar-refractivity contribution in [2.45, 2.75) is 12.5 Å². The number of sulfone groups is 1. The highest BCUT2D eigenvalue weighted by atomic mass is 32.2. The molecule has 0 amide bonds. The van der Waals surface area contributed by atoms with Crippen LogP contribution in [0.3, 0.4) is 0 Å². The second kappa shape index (κ2) is 4.74. The van der Waals surface area contributed by atoms with Gasteiger partial charge >= 0.3 is 0 Å². The van der Waals surface area contributed by atoms with E-state index in [0.29, 0.717) is 12.2 Å². The highest BCUT2D eigenvalue weighted by molar-refractivity contribution is 7.91. The van der Waals surface area contributed by atoms with E-state index in [1.165, 1.54) is 0 Å². The first-order chi connectivity index (χ1) is 9.12. The SMILES string of the molecule is O=S1(=O)CCC(Nc2cccc(-n3cccc3)c2)C1. The predicted molar refractivity (Wildman–Crippen MR) is 76.5 cm³/mol. The van der Waals surface area contributed by atoms with Crippen molar-refractivity contribution in [3.05, 3.63) is 48.8 Å². The Morgan fingerprint density at radius 2 is 1.95 bits per heavy atom. The molecule has 0 saturated carbocycles. The molecule has 100 valence electrons. The molecule has 0 spiro atoms. The van der Waals surface area contributed by atoms with E-state index in [2.05, 4.69) is 5.32 Å². The summed E-state index contributed by atoms with van der Waals surface area (Å²) in [4.78, 5) is 0. The maximum Gasteiger partial charge on any atom is 0.152 e. The molecule has 1 unspecified atom stereocenters. The lowest BCUT2D eigenvalue weighted by Crippen LogP contribution is -2.20. The molecule has 1 aliphatic heterocycles. The number of anilines is 1. The average molecular weight is 276 g/mol. The number of rotatable bonds is 3. The lowest BCUT2D eigenvalue weighted by molar-refractivity contribution is 0.602. The van der Waals surface area contributed by atoms with Crippen LogP contribution in [0.4, 0.5) is 5.69 Å². The number of benzene rings is 1. The maximum absolute atomic E-state index is 11.4. The molecule has 4 nitrogen and oxygen atoms in total. The van der Waals surface area contributed by atoms with E-state index in [9.17, 15) is 8.42 Å². The Labute approximate surface area is 113 Å². The molecule has 5 heteroatoms. The zero-order chi connectivity index (χ0) is 13.3. The standard InChI is InChI=1S/C14H16N2O2S/c17-19(18)9-6-13(11-19)15-12-4-3-5-14(10-12)16-7-1-2-8-16/h1-5,7-8,10,13,15H,6,9,11H2. The van der Waals surface area contributed by atoms with E-state index in [1.807, 2.05) is 53.4 Å². The van der Waals surface area contributed by atoms with Crippen molar-refractivity contribution >= 4 is 15.5 Å². The van der Waals surface area contributed by atoms with Crippen LogP contribution in [-0.2, 0) is 9.84 Å². The van der Waals surface area contributed by atoms with Crippen molar-refractivity contribution in [3.63, 3.8) is 0 Å². The summed E-state index contributed by atoms with van der Waals surface area (Å²) in [5, 5.41) is 3.31. The van der Waals surface area contributed by atoms with Crippen LogP contribution in [0.2, 0.25) is 0 Å². The van der Waals surface area contributed by atoms with Gasteiger partial charge in [0.05, 0.1) is 11.5 Å². The summed E-state index contributed by atoms with van der Waals surface area (Å²) < 4.78 is 24.9. The number of nitrogens with one attached hydrogen (secondary N) is 1. The number of nitrogens with zero attached hydrogens (tertiary/aromatic N) is 1. The van der Waals surface area contributed by atoms with Gasteiger partial charge in [-0.2, -0.15) is 0 Å². The van der Waals surface area contributed by atoms with Crippen molar-refractivity contribution in [1.29, 1.82) is 0 Å². The molecule has 2 heterocycles. The minimum absolute atomic E-state index is 0.0323. The summed E-state index contributed by atoms with van der Waals surface area (Å²) in [6.45, 7) is 0. The normalized spacial score (nSPS) is 21.4. The first kappa shape index (κ1) is 12.3. The van der Waals surface area contributed by atoms with Gasteiger partial charge in [-0.25, -0.2) is 8.42 Å². The Kier molecular flexibility index (Phi) is 3.06. The van der Waals surface area contributed by atoms with Crippen LogP contribution in [-0.4, -0.2) is 30.5 Å². The Morgan fingerprint density at radius 3 is 2.63 bits per heavy atom. The summed E-state index contributed by atoms with van der Waals surface area (Å²) in [5.41, 5.74) is 2.03. The summed E-state index contributed by atoms with van der Waals surface area (Å²) in [6.07, 6.45) is 4.66. The maximum atomic E-state index is 11.4. The summed E-state index contributed by atoms with van der Waals surface area (Å²) >= 11 is 0. The van der Waals surface area contributed by atoms with E-state index in [1.54, 1.807) is 0 Å². The van der Waals surface area contributed by atoms with E-state index in [4.69, 9.17) is 0 Å². The molecule has 1 N–H and O–H groups in total. The molecule has 1 fully saturated rings. The van der Waals surface area contributed by atoms with Crippen LogP contribution >= 0.6 is 0 Å². The Hall–Kier alpha value is -1.75. The number of hydrogen-bond donors (Lipinski definition) is 1. The fourth-order valence-electron chi connectivity index (χ4n) is 2.41. The molecule has 1 aromatic heterocycles. The van der Waals surface area contributed by atoms with E-state index < -0.39 is 9.84 Å². The zero-order valence-electron chi connectivity index (χ0n) is 10.5. The third kappa shape index (κ3) is 2.81. The molecule has 1 aliphatic rings. The summed E-state index contributed by atoms with van der Waals surface area (Å²) in [6, 6.07) is 12.0. The zero-order valence-corrected chi connectivity index (χ0v) is 11.3. The molecule has 0 radical (unpaired) electrons. The summed E-state index contributed by atoms with van der Waals surface area (Å²) in [5.74, 6) is 0.530. The average Bonchev–Trinajstić information content (AvgIpc) is 2.99. The van der Waals surface area contributed by atoms with Gasteiger partial charge in [0.15, 0.2) is 9.84 Å². The molecule has 2 aromatic rings. The lowest BCUT2D eigenvalue weighted by atomic mass is 10.2. The van der Waals surface area contributed by atoms with Gasteiger partial charge in [0.25, 0.3) is 0 Å². The minimum Gasteiger partial charge on any atom is -0.381 e. The van der Waals surface area contributed by atoms with Gasteiger partial charge in [0, 0.05) is 29.8 Å². The van der Waals surface area contributed by atoms with Gasteiger partial charge in [-0.1, -0.05) is 6.07 Å². The Morgan fingerprint density at radius 1 is 1.16 bits per heavy atom. The smallest absolute Gasteiger partial charge is 0.152 e. The Balaban J connectivity index is 1.77. The topological polar surface area (TPSA) is 51.1 Å². The third-order valence-corrected chi connectivity index (χ3v) is 5.12. The predicted octanol–water partition coefficient (Wildman–Crippen LogP) is 2.08. The summed E-state index contributed by atoms with van der Waals surface area (Å²) in [7, 11) is -2.84. The second-order valence-electron chi connectivity index (χ2n) is 4.88. The second-order valence-corrected chi connectivity index (χ2v) is 7.11. The van der Waals surface area contributed by atoms with Gasteiger partial charge in [0.2, 0.25) is 0 Å². The van der Waals surface area contributed by atoms with E-state index in [0.717, 1.165) is 11.4 Å². The van der Waals surface area contributed by atoms with E-state index in [-0.39, 0.29) is 11.8 Å². The molecule has 19 heavy (non-hydrogen) atoms. The molecule has 1 atom stereocenters. The molecular weight excluding hydrogens is 260 g/mol. The Bertz CT molecular complexity index is 663. The van der Waals surface area contributed by atoms with Gasteiger partial charge in [-0.05, 0) is 36.8 Å². The van der Waals surface area contributed by atoms with Gasteiger partial charge < -0.3 is 9.88 Å². The lowest BCUT2D eigenvalue weighted by Gasteiger charge is -2.13. The molecule has 0 aliphatic carbocycles. The molecule has 1 saturated heterocycles. The monoisotopic (exact) mass is 276 g/mol. The van der Waals surface area contributed by atoms with Crippen LogP contribution in [0, 0.1) is 0 Å². The molecular formula is C14H16N2O2S. The van der Waals surface area contributed by atoms with Gasteiger partial charge in [0.1, 0.15) is 0 Å². The number of aromatic nitrogens is 1. The fraction of sp³-hybridized carbons (Fsp3) is 0.286. The van der Waals surface area contributed by atoms with Crippen molar-refractivity contribution in [1.82, 2.24) is 4.57 Å². The first-order valence-corrected chi connectivity index (χ1v) is 8.15. The van der Waals surface area contributed by atoms with Crippen LogP contribution < -0.4 is 5.32 Å². The van der Waals surface area contributed by atoms with E-state index >= 15 is 0 Å². The van der Waals surface area contributed by atoms with Gasteiger partial charge in [-0.3, -0.25) is 0 Å². The fourth-order valence-corrected chi connectivity index (χ4v) is 4.08. The highest BCUT2D eigenvalue weighted by Crippen LogP contribution is 2.20. The van der Waals surface area contributed by atoms with Crippen LogP contribution in [0.5, 0.6) is 0 Å². The number of hydrogen-bond acceptors (Lipinski definition) is 3. The quantitative estimate of drug-likeness (QED) is 0.933. The van der Waals surface area contributed by atoms with Crippen molar-refractivity contribution in [2.75, 3.05) is 16.8 Å². The molecule has 0 bridgehead atoms. The highest BCUT2D eigenvalue weighted by Gasteiger charge is 2.27. The van der Waals surface area contributed by atoms with Crippen molar-refractivity contribution in [3.8, 4) is 5.69 Å². The van der Waals surface area contributed by atoms with Crippen LogP contribution in [0.25, 0.3) is 5.69 Å².